The molecule has 0 N–H and O–H groups in total. The highest BCUT2D eigenvalue weighted by Crippen LogP contribution is 2.17. The third-order valence-electron chi connectivity index (χ3n) is 7.83. The molecule has 2 unspecified atom stereocenters. The Hall–Kier alpha value is -3.52. The van der Waals surface area contributed by atoms with Gasteiger partial charge >= 0.3 is 11.9 Å². The number of allylic oxidation sites excluding steroid dienone is 4. The first-order valence-corrected chi connectivity index (χ1v) is 15.6. The molecule has 0 spiro atoms. The third kappa shape index (κ3) is 13.4. The van der Waals surface area contributed by atoms with E-state index < -0.39 is 11.9 Å². The second-order valence-electron chi connectivity index (χ2n) is 11.1. The molecular weight excluding hydrogens is 528 g/mol. The van der Waals surface area contributed by atoms with E-state index in [-0.39, 0.29) is 11.1 Å². The molecule has 42 heavy (non-hydrogen) atoms. The summed E-state index contributed by atoms with van der Waals surface area (Å²) in [6.07, 6.45) is 15.8. The molecule has 1 saturated heterocycles. The van der Waals surface area contributed by atoms with Crippen molar-refractivity contribution >= 4 is 11.9 Å². The lowest BCUT2D eigenvalue weighted by atomic mass is 10.0. The van der Waals surface area contributed by atoms with Gasteiger partial charge in [-0.05, 0) is 74.2 Å². The molecule has 8 nitrogen and oxygen atoms in total. The standard InChI is InChI=1S/C34H52N4O4/c1-7-11-13-29(9-3)25-41-33(39)31(23-35)27(5)15-17-37-19-21-38(22-20-37)18-16-28(6)32(24-36)34(40)42-26-30(10-4)14-12-8-2/h15-18,29-30H,7-14,19-22,25-26H2,1-6H3. The molecule has 1 aliphatic heterocycles. The monoisotopic (exact) mass is 580 g/mol. The van der Waals surface area contributed by atoms with E-state index >= 15 is 0 Å². The maximum absolute atomic E-state index is 12.5. The van der Waals surface area contributed by atoms with E-state index in [1.54, 1.807) is 26.0 Å². The molecule has 1 fully saturated rings. The summed E-state index contributed by atoms with van der Waals surface area (Å²) in [5.41, 5.74) is 1.24. The maximum Gasteiger partial charge on any atom is 0.349 e. The molecule has 0 amide bonds. The molecule has 1 rings (SSSR count). The molecule has 1 aliphatic rings. The first-order chi connectivity index (χ1) is 20.2. The second-order valence-corrected chi connectivity index (χ2v) is 11.1. The van der Waals surface area contributed by atoms with E-state index in [0.29, 0.717) is 36.2 Å². The van der Waals surface area contributed by atoms with Crippen LogP contribution in [-0.4, -0.2) is 61.1 Å². The molecule has 1 heterocycles. The van der Waals surface area contributed by atoms with Gasteiger partial charge < -0.3 is 19.3 Å². The van der Waals surface area contributed by atoms with Crippen LogP contribution in [0.2, 0.25) is 0 Å². The van der Waals surface area contributed by atoms with Crippen LogP contribution in [0.15, 0.2) is 46.8 Å². The normalized spacial score (nSPS) is 16.4. The smallest absolute Gasteiger partial charge is 0.349 e. The van der Waals surface area contributed by atoms with E-state index in [4.69, 9.17) is 9.47 Å². The number of hydrogen-bond donors (Lipinski definition) is 0. The van der Waals surface area contributed by atoms with Crippen molar-refractivity contribution < 1.29 is 19.1 Å². The molecule has 0 radical (unpaired) electrons. The summed E-state index contributed by atoms with van der Waals surface area (Å²) >= 11 is 0. The third-order valence-corrected chi connectivity index (χ3v) is 7.83. The lowest BCUT2D eigenvalue weighted by Crippen LogP contribution is -2.41. The maximum atomic E-state index is 12.5. The molecule has 2 atom stereocenters. The van der Waals surface area contributed by atoms with Crippen LogP contribution >= 0.6 is 0 Å². The Morgan fingerprint density at radius 3 is 1.36 bits per heavy atom. The molecule has 0 aromatic carbocycles. The lowest BCUT2D eigenvalue weighted by molar-refractivity contribution is -0.141. The minimum Gasteiger partial charge on any atom is -0.461 e. The fourth-order valence-corrected chi connectivity index (χ4v) is 4.55. The number of piperazine rings is 1. The second kappa shape index (κ2) is 21.2. The molecule has 0 bridgehead atoms. The average Bonchev–Trinajstić information content (AvgIpc) is 3.00. The fourth-order valence-electron chi connectivity index (χ4n) is 4.55. The van der Waals surface area contributed by atoms with Gasteiger partial charge in [-0.3, -0.25) is 0 Å². The quantitative estimate of drug-likeness (QED) is 0.0751. The number of nitriles is 2. The van der Waals surface area contributed by atoms with E-state index in [0.717, 1.165) is 77.5 Å². The van der Waals surface area contributed by atoms with E-state index in [1.165, 1.54) is 0 Å². The van der Waals surface area contributed by atoms with Gasteiger partial charge in [-0.25, -0.2) is 9.59 Å². The van der Waals surface area contributed by atoms with Crippen LogP contribution in [0, 0.1) is 34.5 Å². The number of unbranched alkanes of at least 4 members (excludes halogenated alkanes) is 2. The number of carbonyl (C=O) groups is 2. The summed E-state index contributed by atoms with van der Waals surface area (Å²) in [5, 5.41) is 19.1. The zero-order valence-electron chi connectivity index (χ0n) is 26.8. The van der Waals surface area contributed by atoms with Crippen molar-refractivity contribution in [2.45, 2.75) is 92.9 Å². The van der Waals surface area contributed by atoms with Crippen LogP contribution in [0.5, 0.6) is 0 Å². The lowest BCUT2D eigenvalue weighted by Gasteiger charge is -2.33. The summed E-state index contributed by atoms with van der Waals surface area (Å²) in [6.45, 7) is 15.7. The highest BCUT2D eigenvalue weighted by Gasteiger charge is 2.18. The first-order valence-electron chi connectivity index (χ1n) is 15.6. The zero-order valence-corrected chi connectivity index (χ0v) is 26.8. The molecule has 232 valence electrons. The minimum absolute atomic E-state index is 0.0402. The number of ether oxygens (including phenoxy) is 2. The van der Waals surface area contributed by atoms with Crippen molar-refractivity contribution in [1.82, 2.24) is 9.80 Å². The Morgan fingerprint density at radius 1 is 0.714 bits per heavy atom. The van der Waals surface area contributed by atoms with Crippen molar-refractivity contribution in [3.8, 4) is 12.1 Å². The molecule has 0 aromatic heterocycles. The van der Waals surface area contributed by atoms with Crippen LogP contribution in [-0.2, 0) is 19.1 Å². The van der Waals surface area contributed by atoms with Gasteiger partial charge in [0.05, 0.1) is 13.2 Å². The fraction of sp³-hybridized carbons (Fsp3) is 0.647. The summed E-state index contributed by atoms with van der Waals surface area (Å²) in [4.78, 5) is 29.4. The van der Waals surface area contributed by atoms with Gasteiger partial charge in [0.25, 0.3) is 0 Å². The SMILES string of the molecule is CCCCC(CC)COC(=O)C(C#N)=C(C)C=CN1CCN(C=CC(C)=C(C#N)C(=O)OCC(CC)CCCC)CC1. The van der Waals surface area contributed by atoms with Crippen molar-refractivity contribution in [3.63, 3.8) is 0 Å². The Morgan fingerprint density at radius 2 is 1.07 bits per heavy atom. The number of esters is 2. The highest BCUT2D eigenvalue weighted by molar-refractivity contribution is 5.94. The van der Waals surface area contributed by atoms with Crippen LogP contribution in [0.3, 0.4) is 0 Å². The molecule has 0 aromatic rings. The van der Waals surface area contributed by atoms with Crippen molar-refractivity contribution in [2.24, 2.45) is 11.8 Å². The van der Waals surface area contributed by atoms with Gasteiger partial charge in [0.1, 0.15) is 23.3 Å². The Labute approximate surface area is 254 Å². The zero-order chi connectivity index (χ0) is 31.3. The molecule has 8 heteroatoms. The van der Waals surface area contributed by atoms with Gasteiger partial charge in [0.2, 0.25) is 0 Å². The highest BCUT2D eigenvalue weighted by atomic mass is 16.5. The van der Waals surface area contributed by atoms with Gasteiger partial charge in [-0.2, -0.15) is 10.5 Å². The predicted molar refractivity (Wildman–Crippen MR) is 167 cm³/mol. The molecular formula is C34H52N4O4. The van der Waals surface area contributed by atoms with Crippen LogP contribution in [0.1, 0.15) is 92.9 Å². The minimum atomic E-state index is -0.560. The van der Waals surface area contributed by atoms with Crippen molar-refractivity contribution in [3.05, 3.63) is 46.8 Å². The van der Waals surface area contributed by atoms with Crippen LogP contribution in [0.4, 0.5) is 0 Å². The first kappa shape index (κ1) is 36.5. The number of hydrogen-bond acceptors (Lipinski definition) is 8. The Kier molecular flexibility index (Phi) is 18.4. The Bertz CT molecular complexity index is 968. The van der Waals surface area contributed by atoms with Gasteiger partial charge in [0.15, 0.2) is 0 Å². The molecule has 0 saturated carbocycles. The number of carbonyl (C=O) groups excluding carboxylic acids is 2. The van der Waals surface area contributed by atoms with Crippen molar-refractivity contribution in [2.75, 3.05) is 39.4 Å². The van der Waals surface area contributed by atoms with E-state index in [9.17, 15) is 20.1 Å². The summed E-state index contributed by atoms with van der Waals surface area (Å²) in [7, 11) is 0. The Balaban J connectivity index is 2.67. The van der Waals surface area contributed by atoms with Crippen LogP contribution in [0.25, 0.3) is 0 Å². The van der Waals surface area contributed by atoms with Gasteiger partial charge in [0, 0.05) is 26.2 Å². The van der Waals surface area contributed by atoms with E-state index in [1.807, 2.05) is 24.5 Å². The van der Waals surface area contributed by atoms with Gasteiger partial charge in [-0.1, -0.05) is 66.2 Å². The summed E-state index contributed by atoms with van der Waals surface area (Å²) < 4.78 is 10.9. The van der Waals surface area contributed by atoms with Gasteiger partial charge in [-0.15, -0.1) is 0 Å². The topological polar surface area (TPSA) is 107 Å². The number of nitrogens with zero attached hydrogens (tertiary/aromatic N) is 4. The number of rotatable bonds is 18. The largest absolute Gasteiger partial charge is 0.461 e. The summed E-state index contributed by atoms with van der Waals surface area (Å²) in [6, 6.07) is 4.02. The van der Waals surface area contributed by atoms with Crippen molar-refractivity contribution in [1.29, 1.82) is 10.5 Å². The molecule has 0 aliphatic carbocycles. The van der Waals surface area contributed by atoms with E-state index in [2.05, 4.69) is 37.5 Å². The summed E-state index contributed by atoms with van der Waals surface area (Å²) in [5.74, 6) is -0.474. The van der Waals surface area contributed by atoms with Crippen LogP contribution < -0.4 is 0 Å². The average molecular weight is 581 g/mol. The predicted octanol–water partition coefficient (Wildman–Crippen LogP) is 6.83.